The van der Waals surface area contributed by atoms with Crippen LogP contribution in [0.2, 0.25) is 0 Å². The molecule has 0 aromatic carbocycles. The molecule has 0 saturated heterocycles. The van der Waals surface area contributed by atoms with Crippen molar-refractivity contribution in [3.05, 3.63) is 0 Å². The fourth-order valence-corrected chi connectivity index (χ4v) is 4.73. The van der Waals surface area contributed by atoms with Gasteiger partial charge < -0.3 is 9.66 Å². The molecule has 0 heterocycles. The normalized spacial score (nSPS) is 13.8. The monoisotopic (exact) mass is 442 g/mol. The molecular formula is C23H47NaO4S. The fourth-order valence-electron chi connectivity index (χ4n) is 3.82. The third kappa shape index (κ3) is 21.9. The molecule has 29 heavy (non-hydrogen) atoms. The summed E-state index contributed by atoms with van der Waals surface area (Å²) < 4.78 is 34.2. The zero-order valence-corrected chi connectivity index (χ0v) is 22.5. The Hall–Kier alpha value is 0.870. The molecule has 170 valence electrons. The number of rotatable bonds is 21. The Morgan fingerprint density at radius 3 is 1.41 bits per heavy atom. The number of unbranched alkanes of at least 4 members (excludes halogenated alkanes) is 14. The van der Waals surface area contributed by atoms with Crippen LogP contribution < -0.4 is 29.6 Å². The van der Waals surface area contributed by atoms with Gasteiger partial charge in [0.25, 0.3) is 0 Å². The molecule has 2 atom stereocenters. The van der Waals surface area contributed by atoms with Crippen molar-refractivity contribution >= 4 is 10.1 Å². The van der Waals surface area contributed by atoms with Crippen molar-refractivity contribution < 1.29 is 47.6 Å². The molecular weight excluding hydrogens is 395 g/mol. The smallest absolute Gasteiger partial charge is 0.748 e. The summed E-state index contributed by atoms with van der Waals surface area (Å²) in [5, 5.41) is 9.19. The van der Waals surface area contributed by atoms with Crippen LogP contribution in [0.25, 0.3) is 0 Å². The minimum absolute atomic E-state index is 0. The molecule has 0 aliphatic rings. The van der Waals surface area contributed by atoms with E-state index in [9.17, 15) is 18.1 Å². The first kappa shape index (κ1) is 32.1. The average Bonchev–Trinajstić information content (AvgIpc) is 2.64. The Morgan fingerprint density at radius 1 is 0.655 bits per heavy atom. The summed E-state index contributed by atoms with van der Waals surface area (Å²) in [6.45, 7) is 4.30. The molecule has 0 aromatic rings. The van der Waals surface area contributed by atoms with Crippen molar-refractivity contribution in [3.63, 3.8) is 0 Å². The molecule has 4 nitrogen and oxygen atoms in total. The van der Waals surface area contributed by atoms with Crippen LogP contribution in [0, 0.1) is 0 Å². The van der Waals surface area contributed by atoms with Crippen molar-refractivity contribution in [1.29, 1.82) is 0 Å². The molecule has 0 bridgehead atoms. The van der Waals surface area contributed by atoms with Gasteiger partial charge in [0.2, 0.25) is 0 Å². The second-order valence-corrected chi connectivity index (χ2v) is 10.2. The number of aliphatic hydroxyl groups excluding tert-OH is 1. The SMILES string of the molecule is CCCCCCCCCCCCCCCC(O)CC(CCCCC)S(=O)(=O)[O-].[Na+]. The molecule has 0 amide bonds. The molecule has 0 aromatic heterocycles. The van der Waals surface area contributed by atoms with Crippen LogP contribution in [0.5, 0.6) is 0 Å². The van der Waals surface area contributed by atoms with Crippen molar-refractivity contribution in [2.24, 2.45) is 0 Å². The maximum absolute atomic E-state index is 11.4. The number of hydrogen-bond donors (Lipinski definition) is 1. The van der Waals surface area contributed by atoms with Crippen molar-refractivity contribution in [3.8, 4) is 0 Å². The largest absolute Gasteiger partial charge is 1.00 e. The van der Waals surface area contributed by atoms with Crippen molar-refractivity contribution in [2.45, 2.75) is 147 Å². The fraction of sp³-hybridized carbons (Fsp3) is 1.00. The van der Waals surface area contributed by atoms with E-state index in [-0.39, 0.29) is 36.0 Å². The van der Waals surface area contributed by atoms with Crippen LogP contribution in [-0.4, -0.2) is 29.4 Å². The standard InChI is InChI=1S/C23H48O4S.Na/c1-3-5-7-8-9-10-11-12-13-14-15-16-18-19-22(24)21-23(28(25,26)27)20-17-6-4-2;/h22-24H,3-21H2,1-2H3,(H,25,26,27);/q;+1/p-1. The third-order valence-corrected chi connectivity index (χ3v) is 6.96. The van der Waals surface area contributed by atoms with Gasteiger partial charge >= 0.3 is 29.6 Å². The summed E-state index contributed by atoms with van der Waals surface area (Å²) in [7, 11) is -4.31. The van der Waals surface area contributed by atoms with E-state index in [2.05, 4.69) is 6.92 Å². The van der Waals surface area contributed by atoms with Gasteiger partial charge in [0, 0.05) is 0 Å². The van der Waals surface area contributed by atoms with Crippen molar-refractivity contribution in [2.75, 3.05) is 0 Å². The van der Waals surface area contributed by atoms with Crippen molar-refractivity contribution in [1.82, 2.24) is 0 Å². The predicted molar refractivity (Wildman–Crippen MR) is 119 cm³/mol. The predicted octanol–water partition coefficient (Wildman–Crippen LogP) is 3.72. The van der Waals surface area contributed by atoms with Gasteiger partial charge in [-0.15, -0.1) is 0 Å². The van der Waals surface area contributed by atoms with E-state index in [1.165, 1.54) is 70.6 Å². The van der Waals surface area contributed by atoms with E-state index < -0.39 is 21.5 Å². The van der Waals surface area contributed by atoms with E-state index in [1.54, 1.807) is 0 Å². The summed E-state index contributed by atoms with van der Waals surface area (Å²) in [5.74, 6) is 0. The zero-order valence-electron chi connectivity index (χ0n) is 19.7. The molecule has 0 rings (SSSR count). The van der Waals surface area contributed by atoms with Gasteiger partial charge in [0.1, 0.15) is 0 Å². The van der Waals surface area contributed by atoms with Gasteiger partial charge in [-0.2, -0.15) is 0 Å². The first-order valence-electron chi connectivity index (χ1n) is 12.0. The van der Waals surface area contributed by atoms with Gasteiger partial charge in [-0.3, -0.25) is 0 Å². The molecule has 0 saturated carbocycles. The Morgan fingerprint density at radius 2 is 1.00 bits per heavy atom. The second kappa shape index (κ2) is 22.1. The minimum Gasteiger partial charge on any atom is -0.748 e. The summed E-state index contributed by atoms with van der Waals surface area (Å²) in [6.07, 6.45) is 19.7. The number of hydrogen-bond acceptors (Lipinski definition) is 4. The molecule has 0 spiro atoms. The van der Waals surface area contributed by atoms with Crippen LogP contribution >= 0.6 is 0 Å². The van der Waals surface area contributed by atoms with Crippen LogP contribution in [-0.2, 0) is 10.1 Å². The Labute approximate surface area is 204 Å². The Bertz CT molecular complexity index is 429. The number of aliphatic hydroxyl groups is 1. The van der Waals surface area contributed by atoms with E-state index in [0.29, 0.717) is 12.8 Å². The van der Waals surface area contributed by atoms with Gasteiger partial charge in [0.15, 0.2) is 0 Å². The molecule has 0 radical (unpaired) electrons. The first-order chi connectivity index (χ1) is 13.4. The Kier molecular flexibility index (Phi) is 24.4. The summed E-state index contributed by atoms with van der Waals surface area (Å²) in [6, 6.07) is 0. The molecule has 6 heteroatoms. The van der Waals surface area contributed by atoms with Crippen LogP contribution in [0.4, 0.5) is 0 Å². The van der Waals surface area contributed by atoms with E-state index in [4.69, 9.17) is 0 Å². The second-order valence-electron chi connectivity index (χ2n) is 8.53. The van der Waals surface area contributed by atoms with Crippen LogP contribution in [0.1, 0.15) is 136 Å². The van der Waals surface area contributed by atoms with Crippen LogP contribution in [0.3, 0.4) is 0 Å². The molecule has 1 N–H and O–H groups in total. The topological polar surface area (TPSA) is 77.4 Å². The average molecular weight is 443 g/mol. The van der Waals surface area contributed by atoms with Gasteiger partial charge in [-0.1, -0.05) is 117 Å². The minimum atomic E-state index is -4.31. The van der Waals surface area contributed by atoms with E-state index >= 15 is 0 Å². The summed E-state index contributed by atoms with van der Waals surface area (Å²) in [4.78, 5) is 0. The molecule has 2 unspecified atom stereocenters. The van der Waals surface area contributed by atoms with E-state index in [1.807, 2.05) is 6.92 Å². The molecule has 0 aliphatic heterocycles. The summed E-state index contributed by atoms with van der Waals surface area (Å²) >= 11 is 0. The summed E-state index contributed by atoms with van der Waals surface area (Å²) in [5.41, 5.74) is 0. The van der Waals surface area contributed by atoms with Gasteiger partial charge in [0.05, 0.1) is 21.5 Å². The maximum atomic E-state index is 11.4. The van der Waals surface area contributed by atoms with E-state index in [0.717, 1.165) is 32.1 Å². The van der Waals surface area contributed by atoms with Crippen LogP contribution in [0.15, 0.2) is 0 Å². The third-order valence-electron chi connectivity index (χ3n) is 5.71. The maximum Gasteiger partial charge on any atom is 1.00 e. The quantitative estimate of drug-likeness (QED) is 0.167. The van der Waals surface area contributed by atoms with Gasteiger partial charge in [-0.05, 0) is 19.3 Å². The molecule has 0 aliphatic carbocycles. The first-order valence-corrected chi connectivity index (χ1v) is 13.5. The van der Waals surface area contributed by atoms with Gasteiger partial charge in [-0.25, -0.2) is 8.42 Å². The Balaban J connectivity index is 0. The molecule has 0 fully saturated rings. The zero-order chi connectivity index (χ0) is 21.1.